The van der Waals surface area contributed by atoms with Crippen LogP contribution < -0.4 is 5.32 Å². The molecule has 3 aromatic rings. The summed E-state index contributed by atoms with van der Waals surface area (Å²) in [5.41, 5.74) is 0.434. The van der Waals surface area contributed by atoms with E-state index >= 15 is 0 Å². The van der Waals surface area contributed by atoms with Crippen LogP contribution in [0.15, 0.2) is 30.6 Å². The first kappa shape index (κ1) is 17.1. The van der Waals surface area contributed by atoms with E-state index in [-0.39, 0.29) is 17.3 Å². The highest BCUT2D eigenvalue weighted by Crippen LogP contribution is 2.25. The van der Waals surface area contributed by atoms with Crippen molar-refractivity contribution in [3.8, 4) is 11.4 Å². The summed E-state index contributed by atoms with van der Waals surface area (Å²) < 4.78 is 3.10. The van der Waals surface area contributed by atoms with Gasteiger partial charge in [-0.15, -0.1) is 10.2 Å². The Morgan fingerprint density at radius 3 is 2.56 bits per heavy atom. The molecule has 0 saturated carbocycles. The van der Waals surface area contributed by atoms with Gasteiger partial charge in [-0.05, 0) is 32.9 Å². The Labute approximate surface area is 149 Å². The van der Waals surface area contributed by atoms with Crippen molar-refractivity contribution >= 4 is 23.5 Å². The zero-order valence-corrected chi connectivity index (χ0v) is 15.1. The number of benzene rings is 1. The Morgan fingerprint density at radius 1 is 1.20 bits per heavy atom. The van der Waals surface area contributed by atoms with Gasteiger partial charge in [0.25, 0.3) is 5.91 Å². The molecular weight excluding hydrogens is 342 g/mol. The van der Waals surface area contributed by atoms with E-state index in [0.717, 1.165) is 0 Å². The van der Waals surface area contributed by atoms with Crippen LogP contribution in [-0.2, 0) is 12.6 Å². The summed E-state index contributed by atoms with van der Waals surface area (Å²) in [7, 11) is 1.68. The minimum atomic E-state index is -0.454. The van der Waals surface area contributed by atoms with Crippen LogP contribution in [0.4, 0.5) is 5.95 Å². The number of nitrogens with zero attached hydrogens (tertiary/aromatic N) is 6. The number of aromatic nitrogens is 6. The molecule has 0 spiro atoms. The first-order valence-corrected chi connectivity index (χ1v) is 8.03. The zero-order valence-electron chi connectivity index (χ0n) is 14.4. The predicted octanol–water partition coefficient (Wildman–Crippen LogP) is 2.73. The Morgan fingerprint density at radius 2 is 1.92 bits per heavy atom. The van der Waals surface area contributed by atoms with Gasteiger partial charge in [-0.2, -0.15) is 4.98 Å². The van der Waals surface area contributed by atoms with E-state index in [4.69, 9.17) is 11.6 Å². The van der Waals surface area contributed by atoms with Crippen molar-refractivity contribution in [3.63, 3.8) is 0 Å². The first-order valence-electron chi connectivity index (χ1n) is 7.65. The van der Waals surface area contributed by atoms with Gasteiger partial charge in [0, 0.05) is 12.6 Å². The maximum atomic E-state index is 12.4. The molecule has 130 valence electrons. The molecular formula is C16H18ClN7O. The van der Waals surface area contributed by atoms with E-state index in [1.807, 2.05) is 39.0 Å². The SMILES string of the molecule is Cn1nc(-c2ccccc2Cl)nc1NC(=O)c1ncn(C(C)(C)C)n1. The normalized spacial score (nSPS) is 11.6. The van der Waals surface area contributed by atoms with Crippen LogP contribution in [-0.4, -0.2) is 35.4 Å². The van der Waals surface area contributed by atoms with Crippen molar-refractivity contribution in [1.82, 2.24) is 29.5 Å². The minimum Gasteiger partial charge on any atom is -0.288 e. The second-order valence-corrected chi connectivity index (χ2v) is 6.91. The standard InChI is InChI=1S/C16H18ClN7O/c1-16(2,3)24-9-18-13(22-24)14(25)20-15-19-12(21-23(15)4)10-7-5-6-8-11(10)17/h5-9H,1-4H3,(H,19,20,21,25). The van der Waals surface area contributed by atoms with Crippen LogP contribution >= 0.6 is 11.6 Å². The van der Waals surface area contributed by atoms with E-state index < -0.39 is 5.91 Å². The van der Waals surface area contributed by atoms with Crippen molar-refractivity contribution in [2.45, 2.75) is 26.3 Å². The zero-order chi connectivity index (χ0) is 18.2. The van der Waals surface area contributed by atoms with Crippen LogP contribution in [0, 0.1) is 0 Å². The number of hydrogen-bond acceptors (Lipinski definition) is 5. The molecule has 1 aromatic carbocycles. The third kappa shape index (κ3) is 3.53. The van der Waals surface area contributed by atoms with Crippen molar-refractivity contribution in [2.24, 2.45) is 7.05 Å². The highest BCUT2D eigenvalue weighted by Gasteiger charge is 2.20. The van der Waals surface area contributed by atoms with E-state index in [1.165, 1.54) is 11.0 Å². The largest absolute Gasteiger partial charge is 0.297 e. The summed E-state index contributed by atoms with van der Waals surface area (Å²) in [6.07, 6.45) is 1.53. The van der Waals surface area contributed by atoms with Gasteiger partial charge in [0.05, 0.1) is 10.6 Å². The molecule has 0 radical (unpaired) electrons. The summed E-state index contributed by atoms with van der Waals surface area (Å²) in [6, 6.07) is 7.25. The summed E-state index contributed by atoms with van der Waals surface area (Å²) in [5, 5.41) is 11.7. The van der Waals surface area contributed by atoms with E-state index in [2.05, 4.69) is 25.5 Å². The fourth-order valence-corrected chi connectivity index (χ4v) is 2.32. The molecule has 3 rings (SSSR count). The number of halogens is 1. The third-order valence-electron chi connectivity index (χ3n) is 3.49. The van der Waals surface area contributed by atoms with Crippen LogP contribution in [0.3, 0.4) is 0 Å². The highest BCUT2D eigenvalue weighted by molar-refractivity contribution is 6.33. The summed E-state index contributed by atoms with van der Waals surface area (Å²) >= 11 is 6.17. The average molecular weight is 360 g/mol. The maximum absolute atomic E-state index is 12.4. The molecule has 0 fully saturated rings. The predicted molar refractivity (Wildman–Crippen MR) is 94.4 cm³/mol. The molecule has 0 atom stereocenters. The Balaban J connectivity index is 1.83. The van der Waals surface area contributed by atoms with Crippen molar-refractivity contribution < 1.29 is 4.79 Å². The fourth-order valence-electron chi connectivity index (χ4n) is 2.10. The quantitative estimate of drug-likeness (QED) is 0.776. The lowest BCUT2D eigenvalue weighted by atomic mass is 10.1. The second-order valence-electron chi connectivity index (χ2n) is 6.50. The summed E-state index contributed by atoms with van der Waals surface area (Å²) in [5.74, 6) is 0.324. The molecule has 1 amide bonds. The number of hydrogen-bond donors (Lipinski definition) is 1. The molecule has 0 unspecified atom stereocenters. The van der Waals surface area contributed by atoms with Crippen LogP contribution in [0.2, 0.25) is 5.02 Å². The van der Waals surface area contributed by atoms with Gasteiger partial charge in [0.15, 0.2) is 5.82 Å². The Bertz CT molecular complexity index is 923. The second kappa shape index (κ2) is 6.29. The topological polar surface area (TPSA) is 90.5 Å². The Hall–Kier alpha value is -2.74. The molecule has 1 N–H and O–H groups in total. The third-order valence-corrected chi connectivity index (χ3v) is 3.81. The fraction of sp³-hybridized carbons (Fsp3) is 0.312. The van der Waals surface area contributed by atoms with E-state index in [1.54, 1.807) is 17.8 Å². The summed E-state index contributed by atoms with van der Waals surface area (Å²) in [6.45, 7) is 5.92. The van der Waals surface area contributed by atoms with Gasteiger partial charge in [0.1, 0.15) is 6.33 Å². The lowest BCUT2D eigenvalue weighted by Crippen LogP contribution is -2.23. The number of rotatable bonds is 3. The van der Waals surface area contributed by atoms with Crippen LogP contribution in [0.5, 0.6) is 0 Å². The van der Waals surface area contributed by atoms with Gasteiger partial charge >= 0.3 is 0 Å². The first-order chi connectivity index (χ1) is 11.8. The molecule has 0 aliphatic rings. The molecule has 0 aliphatic carbocycles. The number of nitrogens with one attached hydrogen (secondary N) is 1. The van der Waals surface area contributed by atoms with E-state index in [9.17, 15) is 4.79 Å². The maximum Gasteiger partial charge on any atom is 0.297 e. The molecule has 2 heterocycles. The molecule has 0 aliphatic heterocycles. The van der Waals surface area contributed by atoms with Gasteiger partial charge in [0.2, 0.25) is 11.8 Å². The van der Waals surface area contributed by atoms with Gasteiger partial charge in [-0.1, -0.05) is 23.7 Å². The number of carbonyl (C=O) groups is 1. The average Bonchev–Trinajstić information content (AvgIpc) is 3.15. The number of anilines is 1. The number of amides is 1. The van der Waals surface area contributed by atoms with Crippen molar-refractivity contribution in [3.05, 3.63) is 41.4 Å². The van der Waals surface area contributed by atoms with Gasteiger partial charge < -0.3 is 0 Å². The highest BCUT2D eigenvalue weighted by atomic mass is 35.5. The van der Waals surface area contributed by atoms with E-state index in [0.29, 0.717) is 16.4 Å². The van der Waals surface area contributed by atoms with Gasteiger partial charge in [-0.3, -0.25) is 10.1 Å². The molecule has 0 saturated heterocycles. The number of carbonyl (C=O) groups excluding carboxylic acids is 1. The molecule has 2 aromatic heterocycles. The van der Waals surface area contributed by atoms with Crippen LogP contribution in [0.1, 0.15) is 31.4 Å². The smallest absolute Gasteiger partial charge is 0.288 e. The lowest BCUT2D eigenvalue weighted by molar-refractivity contribution is 0.101. The molecule has 0 bridgehead atoms. The van der Waals surface area contributed by atoms with Crippen molar-refractivity contribution in [1.29, 1.82) is 0 Å². The van der Waals surface area contributed by atoms with Gasteiger partial charge in [-0.25, -0.2) is 14.3 Å². The minimum absolute atomic E-state index is 0.0669. The molecule has 8 nitrogen and oxygen atoms in total. The van der Waals surface area contributed by atoms with Crippen molar-refractivity contribution in [2.75, 3.05) is 5.32 Å². The number of aryl methyl sites for hydroxylation is 1. The lowest BCUT2D eigenvalue weighted by Gasteiger charge is -2.17. The Kier molecular flexibility index (Phi) is 4.30. The molecule has 25 heavy (non-hydrogen) atoms. The van der Waals surface area contributed by atoms with Crippen LogP contribution in [0.25, 0.3) is 11.4 Å². The molecule has 9 heteroatoms. The summed E-state index contributed by atoms with van der Waals surface area (Å²) in [4.78, 5) is 20.7. The monoisotopic (exact) mass is 359 g/mol.